The van der Waals surface area contributed by atoms with Crippen LogP contribution in [0.4, 0.5) is 0 Å². The van der Waals surface area contributed by atoms with Crippen molar-refractivity contribution < 1.29 is 14.6 Å². The van der Waals surface area contributed by atoms with Gasteiger partial charge in [-0.1, -0.05) is 23.2 Å². The molecule has 0 saturated heterocycles. The van der Waals surface area contributed by atoms with Gasteiger partial charge in [0.25, 0.3) is 0 Å². The number of aliphatic carboxylic acids is 1. The molecule has 0 saturated carbocycles. The minimum Gasteiger partial charge on any atom is -0.495 e. The fraction of sp³-hybridized carbons (Fsp3) is 0.250. The maximum absolute atomic E-state index is 11.1. The number of hydrogen-bond donors (Lipinski definition) is 1. The van der Waals surface area contributed by atoms with Crippen molar-refractivity contribution in [3.63, 3.8) is 0 Å². The predicted molar refractivity (Wildman–Crippen MR) is 63.9 cm³/mol. The first-order valence-electron chi connectivity index (χ1n) is 4.72. The minimum atomic E-state index is -0.957. The van der Waals surface area contributed by atoms with Crippen LogP contribution in [0.25, 0.3) is 5.57 Å². The van der Waals surface area contributed by atoms with Gasteiger partial charge in [-0.3, -0.25) is 0 Å². The number of hydrogen-bond acceptors (Lipinski definition) is 2. The van der Waals surface area contributed by atoms with E-state index in [1.54, 1.807) is 32.0 Å². The molecule has 0 bridgehead atoms. The molecule has 0 amide bonds. The number of carboxylic acids is 1. The molecule has 0 aliphatic heterocycles. The second kappa shape index (κ2) is 5.03. The zero-order chi connectivity index (χ0) is 12.3. The molecule has 0 aromatic heterocycles. The predicted octanol–water partition coefficient (Wildman–Crippen LogP) is 3.23. The lowest BCUT2D eigenvalue weighted by atomic mass is 10.0. The summed E-state index contributed by atoms with van der Waals surface area (Å²) in [4.78, 5) is 11.1. The first kappa shape index (κ1) is 12.6. The van der Waals surface area contributed by atoms with Gasteiger partial charge in [-0.25, -0.2) is 4.79 Å². The molecule has 0 radical (unpaired) electrons. The highest BCUT2D eigenvalue weighted by Crippen LogP contribution is 2.29. The van der Waals surface area contributed by atoms with E-state index in [1.165, 1.54) is 7.11 Å². The van der Waals surface area contributed by atoms with Gasteiger partial charge in [-0.05, 0) is 31.5 Å². The Hall–Kier alpha value is -1.48. The van der Waals surface area contributed by atoms with E-state index in [9.17, 15) is 4.79 Å². The van der Waals surface area contributed by atoms with Gasteiger partial charge < -0.3 is 9.84 Å². The molecule has 86 valence electrons. The molecule has 0 aliphatic carbocycles. The van der Waals surface area contributed by atoms with E-state index in [-0.39, 0.29) is 5.57 Å². The highest BCUT2D eigenvalue weighted by Gasteiger charge is 2.13. The summed E-state index contributed by atoms with van der Waals surface area (Å²) in [6, 6.07) is 4.93. The lowest BCUT2D eigenvalue weighted by molar-refractivity contribution is -0.130. The SMILES string of the molecule is COc1ccc(C(C(=O)O)=C(C)C)cc1Cl. The van der Waals surface area contributed by atoms with Crippen LogP contribution in [0.5, 0.6) is 5.75 Å². The van der Waals surface area contributed by atoms with Crippen LogP contribution in [0.3, 0.4) is 0 Å². The van der Waals surface area contributed by atoms with E-state index in [0.717, 1.165) is 5.57 Å². The Morgan fingerprint density at radius 1 is 1.38 bits per heavy atom. The molecule has 0 fully saturated rings. The monoisotopic (exact) mass is 240 g/mol. The molecule has 1 aromatic rings. The fourth-order valence-electron chi connectivity index (χ4n) is 1.45. The highest BCUT2D eigenvalue weighted by atomic mass is 35.5. The van der Waals surface area contributed by atoms with Crippen molar-refractivity contribution in [1.82, 2.24) is 0 Å². The Morgan fingerprint density at radius 2 is 2.00 bits per heavy atom. The third-order valence-electron chi connectivity index (χ3n) is 2.15. The van der Waals surface area contributed by atoms with Crippen molar-refractivity contribution >= 4 is 23.1 Å². The van der Waals surface area contributed by atoms with Gasteiger partial charge in [0.2, 0.25) is 0 Å². The fourth-order valence-corrected chi connectivity index (χ4v) is 1.71. The number of carboxylic acid groups (broad SMARTS) is 1. The van der Waals surface area contributed by atoms with Crippen LogP contribution >= 0.6 is 11.6 Å². The molecule has 3 nitrogen and oxygen atoms in total. The van der Waals surface area contributed by atoms with Crippen molar-refractivity contribution in [2.75, 3.05) is 7.11 Å². The number of allylic oxidation sites excluding steroid dienone is 1. The molecule has 1 aromatic carbocycles. The first-order valence-corrected chi connectivity index (χ1v) is 5.10. The van der Waals surface area contributed by atoms with Gasteiger partial charge in [-0.2, -0.15) is 0 Å². The summed E-state index contributed by atoms with van der Waals surface area (Å²) in [6.07, 6.45) is 0. The summed E-state index contributed by atoms with van der Waals surface area (Å²) in [7, 11) is 1.51. The minimum absolute atomic E-state index is 0.268. The molecule has 0 atom stereocenters. The molecule has 0 aliphatic rings. The summed E-state index contributed by atoms with van der Waals surface area (Å²) in [5, 5.41) is 9.49. The zero-order valence-electron chi connectivity index (χ0n) is 9.37. The van der Waals surface area contributed by atoms with Crippen LogP contribution in [0.2, 0.25) is 5.02 Å². The van der Waals surface area contributed by atoms with Crippen LogP contribution in [-0.2, 0) is 4.79 Å². The van der Waals surface area contributed by atoms with Crippen LogP contribution in [-0.4, -0.2) is 18.2 Å². The smallest absolute Gasteiger partial charge is 0.336 e. The molecule has 1 N–H and O–H groups in total. The Bertz CT molecular complexity index is 446. The van der Waals surface area contributed by atoms with E-state index in [2.05, 4.69) is 0 Å². The van der Waals surface area contributed by atoms with Crippen LogP contribution in [0.1, 0.15) is 19.4 Å². The topological polar surface area (TPSA) is 46.5 Å². The number of benzene rings is 1. The summed E-state index contributed by atoms with van der Waals surface area (Å²) in [5.74, 6) is -0.426. The summed E-state index contributed by atoms with van der Waals surface area (Å²) >= 11 is 5.94. The normalized spacial score (nSPS) is 9.75. The highest BCUT2D eigenvalue weighted by molar-refractivity contribution is 6.32. The van der Waals surface area contributed by atoms with E-state index in [4.69, 9.17) is 21.4 Å². The Balaban J connectivity index is 3.29. The quantitative estimate of drug-likeness (QED) is 0.826. The van der Waals surface area contributed by atoms with Crippen molar-refractivity contribution in [1.29, 1.82) is 0 Å². The van der Waals surface area contributed by atoms with E-state index in [0.29, 0.717) is 16.3 Å². The molecular formula is C12H13ClO3. The summed E-state index contributed by atoms with van der Waals surface area (Å²) in [6.45, 7) is 3.50. The maximum Gasteiger partial charge on any atom is 0.336 e. The molecule has 16 heavy (non-hydrogen) atoms. The van der Waals surface area contributed by atoms with E-state index < -0.39 is 5.97 Å². The maximum atomic E-state index is 11.1. The first-order chi connectivity index (χ1) is 7.47. The average Bonchev–Trinajstić information content (AvgIpc) is 2.16. The second-order valence-corrected chi connectivity index (χ2v) is 3.94. The zero-order valence-corrected chi connectivity index (χ0v) is 10.1. The number of methoxy groups -OCH3 is 1. The average molecular weight is 241 g/mol. The molecule has 1 rings (SSSR count). The third kappa shape index (κ3) is 2.55. The van der Waals surface area contributed by atoms with Gasteiger partial charge in [0.05, 0.1) is 17.7 Å². The lowest BCUT2D eigenvalue weighted by Crippen LogP contribution is -2.01. The van der Waals surface area contributed by atoms with Crippen LogP contribution in [0.15, 0.2) is 23.8 Å². The summed E-state index contributed by atoms with van der Waals surface area (Å²) < 4.78 is 5.01. The van der Waals surface area contributed by atoms with Crippen molar-refractivity contribution in [2.45, 2.75) is 13.8 Å². The largest absolute Gasteiger partial charge is 0.495 e. The Labute approximate surface area is 99.3 Å². The Kier molecular flexibility index (Phi) is 3.96. The van der Waals surface area contributed by atoms with E-state index in [1.807, 2.05) is 0 Å². The van der Waals surface area contributed by atoms with Crippen LogP contribution < -0.4 is 4.74 Å². The van der Waals surface area contributed by atoms with Gasteiger partial charge >= 0.3 is 5.97 Å². The standard InChI is InChI=1S/C12H13ClO3/c1-7(2)11(12(14)15)8-4-5-10(16-3)9(13)6-8/h4-6H,1-3H3,(H,14,15). The summed E-state index contributed by atoms with van der Waals surface area (Å²) in [5.41, 5.74) is 1.58. The number of rotatable bonds is 3. The molecule has 0 heterocycles. The second-order valence-electron chi connectivity index (χ2n) is 3.53. The van der Waals surface area contributed by atoms with Crippen molar-refractivity contribution in [3.8, 4) is 5.75 Å². The van der Waals surface area contributed by atoms with Gasteiger partial charge in [0, 0.05) is 0 Å². The van der Waals surface area contributed by atoms with Gasteiger partial charge in [0.1, 0.15) is 5.75 Å². The molecular weight excluding hydrogens is 228 g/mol. The van der Waals surface area contributed by atoms with Gasteiger partial charge in [0.15, 0.2) is 0 Å². The molecule has 0 unspecified atom stereocenters. The third-order valence-corrected chi connectivity index (χ3v) is 2.45. The molecule has 0 spiro atoms. The number of halogens is 1. The van der Waals surface area contributed by atoms with Gasteiger partial charge in [-0.15, -0.1) is 0 Å². The number of carbonyl (C=O) groups is 1. The molecule has 4 heteroatoms. The Morgan fingerprint density at radius 3 is 2.38 bits per heavy atom. The van der Waals surface area contributed by atoms with E-state index >= 15 is 0 Å². The van der Waals surface area contributed by atoms with Crippen molar-refractivity contribution in [3.05, 3.63) is 34.4 Å². The number of ether oxygens (including phenoxy) is 1. The lowest BCUT2D eigenvalue weighted by Gasteiger charge is -2.08. The van der Waals surface area contributed by atoms with Crippen LogP contribution in [0, 0.1) is 0 Å². The van der Waals surface area contributed by atoms with Crippen molar-refractivity contribution in [2.24, 2.45) is 0 Å².